The molecule has 1 amide bonds. The molecule has 0 aromatic heterocycles. The summed E-state index contributed by atoms with van der Waals surface area (Å²) in [6.07, 6.45) is 3.63. The maximum Gasteiger partial charge on any atom is 0.234 e. The van der Waals surface area contributed by atoms with Gasteiger partial charge in [-0.05, 0) is 25.8 Å². The topological polar surface area (TPSA) is 44.4 Å². The van der Waals surface area contributed by atoms with Crippen LogP contribution in [-0.4, -0.2) is 49.6 Å². The van der Waals surface area contributed by atoms with E-state index < -0.39 is 0 Å². The van der Waals surface area contributed by atoms with Crippen LogP contribution in [0.3, 0.4) is 0 Å². The van der Waals surface area contributed by atoms with E-state index in [9.17, 15) is 4.79 Å². The van der Waals surface area contributed by atoms with Gasteiger partial charge in [0.15, 0.2) is 0 Å². The number of nitrogens with one attached hydrogen (secondary N) is 2. The van der Waals surface area contributed by atoms with E-state index in [1.165, 1.54) is 12.8 Å². The maximum absolute atomic E-state index is 11.3. The monoisotopic (exact) mass is 197 g/mol. The second-order valence-electron chi connectivity index (χ2n) is 4.23. The van der Waals surface area contributed by atoms with Crippen molar-refractivity contribution in [3.05, 3.63) is 0 Å². The Kier molecular flexibility index (Phi) is 3.37. The van der Waals surface area contributed by atoms with Crippen LogP contribution < -0.4 is 10.6 Å². The molecule has 0 aliphatic carbocycles. The van der Waals surface area contributed by atoms with Crippen molar-refractivity contribution in [2.24, 2.45) is 0 Å². The molecule has 14 heavy (non-hydrogen) atoms. The Morgan fingerprint density at radius 3 is 3.07 bits per heavy atom. The molecular formula is C10H19N3O. The average molecular weight is 197 g/mol. The van der Waals surface area contributed by atoms with Crippen LogP contribution in [0, 0.1) is 0 Å². The Morgan fingerprint density at radius 2 is 2.29 bits per heavy atom. The molecule has 0 radical (unpaired) electrons. The average Bonchev–Trinajstić information content (AvgIpc) is 2.56. The van der Waals surface area contributed by atoms with E-state index in [-0.39, 0.29) is 5.91 Å². The van der Waals surface area contributed by atoms with E-state index in [1.54, 1.807) is 0 Å². The SMILES string of the molecule is O=C1CN(C[C@@H]2CCCN2)CCCN1. The van der Waals surface area contributed by atoms with Crippen LogP contribution in [0.5, 0.6) is 0 Å². The van der Waals surface area contributed by atoms with Gasteiger partial charge in [-0.15, -0.1) is 0 Å². The fourth-order valence-corrected chi connectivity index (χ4v) is 2.25. The van der Waals surface area contributed by atoms with Gasteiger partial charge in [0.05, 0.1) is 6.54 Å². The molecule has 0 aromatic rings. The van der Waals surface area contributed by atoms with E-state index in [0.29, 0.717) is 12.6 Å². The van der Waals surface area contributed by atoms with Gasteiger partial charge in [0.25, 0.3) is 0 Å². The van der Waals surface area contributed by atoms with Gasteiger partial charge >= 0.3 is 0 Å². The molecule has 2 fully saturated rings. The first-order valence-electron chi connectivity index (χ1n) is 5.57. The first-order chi connectivity index (χ1) is 6.84. The number of carbonyl (C=O) groups is 1. The molecule has 0 unspecified atom stereocenters. The predicted molar refractivity (Wildman–Crippen MR) is 55.1 cm³/mol. The third-order valence-corrected chi connectivity index (χ3v) is 2.98. The number of rotatable bonds is 2. The summed E-state index contributed by atoms with van der Waals surface area (Å²) >= 11 is 0. The number of hydrogen-bond acceptors (Lipinski definition) is 3. The second kappa shape index (κ2) is 4.75. The van der Waals surface area contributed by atoms with Crippen molar-refractivity contribution in [1.82, 2.24) is 15.5 Å². The molecule has 4 heteroatoms. The lowest BCUT2D eigenvalue weighted by molar-refractivity contribution is -0.121. The van der Waals surface area contributed by atoms with Gasteiger partial charge in [0, 0.05) is 25.7 Å². The van der Waals surface area contributed by atoms with Crippen molar-refractivity contribution in [2.45, 2.75) is 25.3 Å². The molecule has 0 saturated carbocycles. The van der Waals surface area contributed by atoms with E-state index in [0.717, 1.165) is 32.6 Å². The van der Waals surface area contributed by atoms with Crippen molar-refractivity contribution in [2.75, 3.05) is 32.7 Å². The molecule has 2 heterocycles. The summed E-state index contributed by atoms with van der Waals surface area (Å²) in [7, 11) is 0. The van der Waals surface area contributed by atoms with Gasteiger partial charge in [0.2, 0.25) is 5.91 Å². The molecule has 0 bridgehead atoms. The van der Waals surface area contributed by atoms with E-state index in [1.807, 2.05) is 0 Å². The van der Waals surface area contributed by atoms with Crippen LogP contribution in [0.2, 0.25) is 0 Å². The van der Waals surface area contributed by atoms with Gasteiger partial charge in [-0.2, -0.15) is 0 Å². The maximum atomic E-state index is 11.3. The number of hydrogen-bond donors (Lipinski definition) is 2. The van der Waals surface area contributed by atoms with E-state index in [4.69, 9.17) is 0 Å². The summed E-state index contributed by atoms with van der Waals surface area (Å²) in [6.45, 7) is 4.65. The molecule has 80 valence electrons. The van der Waals surface area contributed by atoms with Crippen LogP contribution in [-0.2, 0) is 4.79 Å². The van der Waals surface area contributed by atoms with Crippen molar-refractivity contribution in [3.8, 4) is 0 Å². The highest BCUT2D eigenvalue weighted by atomic mass is 16.2. The van der Waals surface area contributed by atoms with Crippen molar-refractivity contribution in [3.63, 3.8) is 0 Å². The van der Waals surface area contributed by atoms with Crippen LogP contribution >= 0.6 is 0 Å². The molecule has 0 spiro atoms. The second-order valence-corrected chi connectivity index (χ2v) is 4.23. The molecule has 4 nitrogen and oxygen atoms in total. The lowest BCUT2D eigenvalue weighted by Crippen LogP contribution is -2.40. The normalized spacial score (nSPS) is 30.0. The van der Waals surface area contributed by atoms with Crippen molar-refractivity contribution >= 4 is 5.91 Å². The van der Waals surface area contributed by atoms with Gasteiger partial charge in [-0.3, -0.25) is 9.69 Å². The van der Waals surface area contributed by atoms with Gasteiger partial charge in [0.1, 0.15) is 0 Å². The third kappa shape index (κ3) is 2.69. The quantitative estimate of drug-likeness (QED) is 0.631. The lowest BCUT2D eigenvalue weighted by atomic mass is 10.2. The van der Waals surface area contributed by atoms with Crippen molar-refractivity contribution in [1.29, 1.82) is 0 Å². The van der Waals surface area contributed by atoms with Gasteiger partial charge in [-0.25, -0.2) is 0 Å². The Bertz CT molecular complexity index is 202. The molecule has 0 aromatic carbocycles. The number of carbonyl (C=O) groups excluding carboxylic acids is 1. The minimum atomic E-state index is 0.181. The summed E-state index contributed by atoms with van der Waals surface area (Å²) in [5, 5.41) is 6.36. The van der Waals surface area contributed by atoms with Gasteiger partial charge in [-0.1, -0.05) is 0 Å². The summed E-state index contributed by atoms with van der Waals surface area (Å²) < 4.78 is 0. The zero-order chi connectivity index (χ0) is 9.80. The fraction of sp³-hybridized carbons (Fsp3) is 0.900. The third-order valence-electron chi connectivity index (χ3n) is 2.98. The van der Waals surface area contributed by atoms with Crippen molar-refractivity contribution < 1.29 is 4.79 Å². The molecular weight excluding hydrogens is 178 g/mol. The highest BCUT2D eigenvalue weighted by molar-refractivity contribution is 5.78. The molecule has 2 N–H and O–H groups in total. The minimum Gasteiger partial charge on any atom is -0.355 e. The molecule has 2 aliphatic heterocycles. The molecule has 2 rings (SSSR count). The standard InChI is InChI=1S/C10H19N3O/c14-10-8-13(6-2-5-12-10)7-9-3-1-4-11-9/h9,11H,1-8H2,(H,12,14)/t9-/m0/s1. The van der Waals surface area contributed by atoms with Crippen LogP contribution in [0.25, 0.3) is 0 Å². The lowest BCUT2D eigenvalue weighted by Gasteiger charge is -2.22. The number of nitrogens with zero attached hydrogens (tertiary/aromatic N) is 1. The summed E-state index contributed by atoms with van der Waals surface area (Å²) in [5.41, 5.74) is 0. The predicted octanol–water partition coefficient (Wildman–Crippen LogP) is -0.440. The summed E-state index contributed by atoms with van der Waals surface area (Å²) in [5.74, 6) is 0.181. The zero-order valence-corrected chi connectivity index (χ0v) is 8.59. The molecule has 1 atom stereocenters. The largest absolute Gasteiger partial charge is 0.355 e. The Morgan fingerprint density at radius 1 is 1.36 bits per heavy atom. The van der Waals surface area contributed by atoms with Gasteiger partial charge < -0.3 is 10.6 Å². The Labute approximate surface area is 85.0 Å². The van der Waals surface area contributed by atoms with Crippen LogP contribution in [0.1, 0.15) is 19.3 Å². The van der Waals surface area contributed by atoms with Crippen LogP contribution in [0.4, 0.5) is 0 Å². The summed E-state index contributed by atoms with van der Waals surface area (Å²) in [6, 6.07) is 0.612. The highest BCUT2D eigenvalue weighted by Gasteiger charge is 2.20. The summed E-state index contributed by atoms with van der Waals surface area (Å²) in [4.78, 5) is 13.6. The van der Waals surface area contributed by atoms with E-state index >= 15 is 0 Å². The zero-order valence-electron chi connectivity index (χ0n) is 8.59. The smallest absolute Gasteiger partial charge is 0.234 e. The highest BCUT2D eigenvalue weighted by Crippen LogP contribution is 2.07. The van der Waals surface area contributed by atoms with Crippen LogP contribution in [0.15, 0.2) is 0 Å². The fourth-order valence-electron chi connectivity index (χ4n) is 2.25. The Balaban J connectivity index is 1.79. The minimum absolute atomic E-state index is 0.181. The number of amides is 1. The first kappa shape index (κ1) is 9.93. The first-order valence-corrected chi connectivity index (χ1v) is 5.57. The van der Waals surface area contributed by atoms with E-state index in [2.05, 4.69) is 15.5 Å². The Hall–Kier alpha value is -0.610. The molecule has 2 aliphatic rings. The molecule has 2 saturated heterocycles.